The summed E-state index contributed by atoms with van der Waals surface area (Å²) in [6.45, 7) is 7.79. The van der Waals surface area contributed by atoms with Gasteiger partial charge in [-0.1, -0.05) is 31.3 Å². The molecule has 3 aromatic heterocycles. The summed E-state index contributed by atoms with van der Waals surface area (Å²) in [5, 5.41) is 5.97. The fourth-order valence-electron chi connectivity index (χ4n) is 3.54. The van der Waals surface area contributed by atoms with Gasteiger partial charge in [-0.25, -0.2) is 19.7 Å². The molecule has 3 heterocycles. The summed E-state index contributed by atoms with van der Waals surface area (Å²) in [6.07, 6.45) is 4.45. The number of aromatic nitrogens is 4. The van der Waals surface area contributed by atoms with E-state index in [0.29, 0.717) is 23.0 Å². The van der Waals surface area contributed by atoms with E-state index in [1.807, 2.05) is 51.1 Å². The molecule has 0 unspecified atom stereocenters. The molecule has 192 valence electrons. The quantitative estimate of drug-likeness (QED) is 0.288. The van der Waals surface area contributed by atoms with Crippen LogP contribution in [-0.2, 0) is 9.53 Å². The number of thiazole rings is 1. The molecule has 0 bridgehead atoms. The molecule has 2 atom stereocenters. The first kappa shape index (κ1) is 26.1. The third kappa shape index (κ3) is 6.07. The number of fused-ring (bicyclic) bond motifs is 1. The summed E-state index contributed by atoms with van der Waals surface area (Å²) in [7, 11) is 0. The monoisotopic (exact) mass is 519 g/mol. The molecular weight excluding hydrogens is 490 g/mol. The van der Waals surface area contributed by atoms with Gasteiger partial charge in [0.1, 0.15) is 6.04 Å². The molecule has 0 aliphatic carbocycles. The molecule has 2 amide bonds. The van der Waals surface area contributed by atoms with Crippen molar-refractivity contribution in [1.82, 2.24) is 25.3 Å². The van der Waals surface area contributed by atoms with E-state index >= 15 is 0 Å². The Balaban J connectivity index is 1.66. The van der Waals surface area contributed by atoms with Crippen molar-refractivity contribution in [3.05, 3.63) is 54.7 Å². The van der Waals surface area contributed by atoms with E-state index < -0.39 is 18.1 Å². The minimum absolute atomic E-state index is 0.0336. The summed E-state index contributed by atoms with van der Waals surface area (Å²) in [4.78, 5) is 42.3. The maximum absolute atomic E-state index is 12.2. The highest BCUT2D eigenvalue weighted by Gasteiger charge is 2.23. The fourth-order valence-corrected chi connectivity index (χ4v) is 4.51. The van der Waals surface area contributed by atoms with Crippen LogP contribution in [0.25, 0.3) is 32.6 Å². The third-order valence-corrected chi connectivity index (χ3v) is 6.66. The molecule has 4 rings (SSSR count). The van der Waals surface area contributed by atoms with E-state index in [-0.39, 0.29) is 11.9 Å². The SMILES string of the molecule is CCNC(=O)Nc1nc2cc(-c3cnc([C@H](C)OC(=O)[C@H](N)C(C)C)nc3)cc(-c3ccccn3)c2s1. The number of anilines is 1. The van der Waals surface area contributed by atoms with E-state index in [0.717, 1.165) is 27.1 Å². The van der Waals surface area contributed by atoms with Gasteiger partial charge in [-0.3, -0.25) is 15.1 Å². The zero-order valence-corrected chi connectivity index (χ0v) is 21.9. The van der Waals surface area contributed by atoms with Gasteiger partial charge in [-0.2, -0.15) is 0 Å². The zero-order valence-electron chi connectivity index (χ0n) is 21.1. The van der Waals surface area contributed by atoms with Crippen molar-refractivity contribution in [2.75, 3.05) is 11.9 Å². The summed E-state index contributed by atoms with van der Waals surface area (Å²) in [5.74, 6) is -0.143. The lowest BCUT2D eigenvalue weighted by molar-refractivity contribution is -0.151. The van der Waals surface area contributed by atoms with Crippen LogP contribution >= 0.6 is 11.3 Å². The number of pyridine rings is 1. The number of esters is 1. The minimum Gasteiger partial charge on any atom is -0.453 e. The van der Waals surface area contributed by atoms with Crippen molar-refractivity contribution >= 4 is 38.7 Å². The van der Waals surface area contributed by atoms with Crippen LogP contribution in [0.1, 0.15) is 39.6 Å². The van der Waals surface area contributed by atoms with Crippen LogP contribution in [0.3, 0.4) is 0 Å². The number of nitrogens with zero attached hydrogens (tertiary/aromatic N) is 4. The van der Waals surface area contributed by atoms with Crippen molar-refractivity contribution in [2.24, 2.45) is 11.7 Å². The largest absolute Gasteiger partial charge is 0.453 e. The van der Waals surface area contributed by atoms with Crippen molar-refractivity contribution in [3.8, 4) is 22.4 Å². The fraction of sp³-hybridized carbons (Fsp3) is 0.308. The number of carbonyl (C=O) groups excluding carboxylic acids is 2. The number of benzene rings is 1. The number of hydrogen-bond acceptors (Lipinski definition) is 9. The molecule has 0 aliphatic rings. The van der Waals surface area contributed by atoms with Gasteiger partial charge in [0, 0.05) is 36.3 Å². The van der Waals surface area contributed by atoms with E-state index in [2.05, 4.69) is 30.6 Å². The van der Waals surface area contributed by atoms with Crippen molar-refractivity contribution in [2.45, 2.75) is 39.8 Å². The molecule has 0 radical (unpaired) electrons. The van der Waals surface area contributed by atoms with Gasteiger partial charge in [0.25, 0.3) is 0 Å². The van der Waals surface area contributed by atoms with Crippen LogP contribution in [0.5, 0.6) is 0 Å². The number of nitrogens with one attached hydrogen (secondary N) is 2. The lowest BCUT2D eigenvalue weighted by atomic mass is 10.0. The second-order valence-electron chi connectivity index (χ2n) is 8.77. The summed E-state index contributed by atoms with van der Waals surface area (Å²) >= 11 is 1.38. The second kappa shape index (κ2) is 11.4. The van der Waals surface area contributed by atoms with Crippen LogP contribution < -0.4 is 16.4 Å². The Kier molecular flexibility index (Phi) is 8.04. The van der Waals surface area contributed by atoms with E-state index in [9.17, 15) is 9.59 Å². The Morgan fingerprint density at radius 3 is 2.49 bits per heavy atom. The normalized spacial score (nSPS) is 12.8. The Bertz CT molecular complexity index is 1390. The number of nitrogens with two attached hydrogens (primary N) is 1. The Hall–Kier alpha value is -3.96. The standard InChI is InChI=1S/C26H29N7O3S/c1-5-28-25(35)33-26-32-20-11-16(10-18(22(20)37-26)19-8-6-7-9-29-19)17-12-30-23(31-13-17)15(4)36-24(34)21(27)14(2)3/h6-15,21H,5,27H2,1-4H3,(H2,28,32,33,35)/t15-,21+/m0/s1. The lowest BCUT2D eigenvalue weighted by Crippen LogP contribution is -2.37. The highest BCUT2D eigenvalue weighted by Crippen LogP contribution is 2.38. The number of carbonyl (C=O) groups is 2. The summed E-state index contributed by atoms with van der Waals surface area (Å²) in [5.41, 5.74) is 9.85. The Labute approximate surface area is 218 Å². The van der Waals surface area contributed by atoms with Crippen LogP contribution in [0, 0.1) is 5.92 Å². The number of ether oxygens (including phenoxy) is 1. The predicted molar refractivity (Wildman–Crippen MR) is 144 cm³/mol. The molecular formula is C26H29N7O3S. The molecule has 10 nitrogen and oxygen atoms in total. The molecule has 4 aromatic rings. The summed E-state index contributed by atoms with van der Waals surface area (Å²) < 4.78 is 6.34. The van der Waals surface area contributed by atoms with E-state index in [4.69, 9.17) is 10.5 Å². The minimum atomic E-state index is -0.705. The van der Waals surface area contributed by atoms with E-state index in [1.165, 1.54) is 11.3 Å². The van der Waals surface area contributed by atoms with Crippen LogP contribution in [0.15, 0.2) is 48.9 Å². The van der Waals surface area contributed by atoms with Gasteiger partial charge in [0.05, 0.1) is 15.9 Å². The van der Waals surface area contributed by atoms with Crippen molar-refractivity contribution in [1.29, 1.82) is 0 Å². The number of urea groups is 1. The highest BCUT2D eigenvalue weighted by molar-refractivity contribution is 7.22. The number of hydrogen-bond donors (Lipinski definition) is 3. The van der Waals surface area contributed by atoms with Crippen LogP contribution in [-0.4, -0.2) is 44.5 Å². The molecule has 11 heteroatoms. The molecule has 0 saturated carbocycles. The molecule has 0 spiro atoms. The Morgan fingerprint density at radius 1 is 1.08 bits per heavy atom. The first-order valence-corrected chi connectivity index (χ1v) is 12.8. The van der Waals surface area contributed by atoms with Gasteiger partial charge in [-0.15, -0.1) is 0 Å². The van der Waals surface area contributed by atoms with Crippen LogP contribution in [0.4, 0.5) is 9.93 Å². The van der Waals surface area contributed by atoms with Gasteiger partial charge >= 0.3 is 12.0 Å². The molecule has 37 heavy (non-hydrogen) atoms. The number of rotatable bonds is 8. The topological polar surface area (TPSA) is 145 Å². The average Bonchev–Trinajstić information content (AvgIpc) is 3.30. The lowest BCUT2D eigenvalue weighted by Gasteiger charge is -2.18. The molecule has 0 saturated heterocycles. The second-order valence-corrected chi connectivity index (χ2v) is 9.77. The van der Waals surface area contributed by atoms with Gasteiger partial charge in [-0.05, 0) is 49.6 Å². The molecule has 4 N–H and O–H groups in total. The van der Waals surface area contributed by atoms with E-state index in [1.54, 1.807) is 25.5 Å². The number of amides is 2. The Morgan fingerprint density at radius 2 is 1.84 bits per heavy atom. The highest BCUT2D eigenvalue weighted by atomic mass is 32.1. The van der Waals surface area contributed by atoms with Gasteiger partial charge in [0.2, 0.25) is 0 Å². The van der Waals surface area contributed by atoms with Gasteiger partial charge in [0.15, 0.2) is 17.1 Å². The first-order valence-electron chi connectivity index (χ1n) is 12.0. The maximum atomic E-state index is 12.2. The summed E-state index contributed by atoms with van der Waals surface area (Å²) in [6, 6.07) is 8.60. The predicted octanol–water partition coefficient (Wildman–Crippen LogP) is 4.54. The molecule has 0 fully saturated rings. The first-order chi connectivity index (χ1) is 17.8. The molecule has 0 aliphatic heterocycles. The maximum Gasteiger partial charge on any atom is 0.323 e. The van der Waals surface area contributed by atoms with Crippen molar-refractivity contribution < 1.29 is 14.3 Å². The third-order valence-electron chi connectivity index (χ3n) is 5.64. The molecule has 1 aromatic carbocycles. The zero-order chi connectivity index (χ0) is 26.5. The van der Waals surface area contributed by atoms with Gasteiger partial charge < -0.3 is 15.8 Å². The smallest absolute Gasteiger partial charge is 0.323 e. The van der Waals surface area contributed by atoms with Crippen LogP contribution in [0.2, 0.25) is 0 Å². The average molecular weight is 520 g/mol. The van der Waals surface area contributed by atoms with Crippen molar-refractivity contribution in [3.63, 3.8) is 0 Å².